The maximum absolute atomic E-state index is 5.74. The Morgan fingerprint density at radius 1 is 1.32 bits per heavy atom. The molecule has 1 unspecified atom stereocenters. The monoisotopic (exact) mass is 276 g/mol. The van der Waals surface area contributed by atoms with E-state index >= 15 is 0 Å². The molecule has 1 aromatic carbocycles. The van der Waals surface area contributed by atoms with Gasteiger partial charge in [0, 0.05) is 11.4 Å². The highest BCUT2D eigenvalue weighted by molar-refractivity contribution is 7.09. The van der Waals surface area contributed by atoms with Crippen molar-refractivity contribution in [3.8, 4) is 5.75 Å². The van der Waals surface area contributed by atoms with Crippen molar-refractivity contribution in [2.75, 3.05) is 7.05 Å². The first-order valence-corrected chi connectivity index (χ1v) is 7.44. The van der Waals surface area contributed by atoms with Gasteiger partial charge in [-0.3, -0.25) is 0 Å². The van der Waals surface area contributed by atoms with Crippen LogP contribution in [0.4, 0.5) is 0 Å². The summed E-state index contributed by atoms with van der Waals surface area (Å²) in [7, 11) is 1.96. The number of aromatic nitrogens is 1. The molecule has 1 N–H and O–H groups in total. The third-order valence-electron chi connectivity index (χ3n) is 3.10. The minimum Gasteiger partial charge on any atom is -0.487 e. The molecule has 1 atom stereocenters. The van der Waals surface area contributed by atoms with Crippen LogP contribution in [-0.4, -0.2) is 12.0 Å². The molecule has 0 saturated heterocycles. The van der Waals surface area contributed by atoms with Crippen molar-refractivity contribution in [1.82, 2.24) is 10.3 Å². The smallest absolute Gasteiger partial charge is 0.131 e. The van der Waals surface area contributed by atoms with E-state index in [2.05, 4.69) is 41.7 Å². The number of ether oxygens (including phenoxy) is 1. The molecule has 0 aliphatic heterocycles. The van der Waals surface area contributed by atoms with Crippen LogP contribution in [0, 0.1) is 0 Å². The van der Waals surface area contributed by atoms with E-state index in [-0.39, 0.29) is 0 Å². The molecular weight excluding hydrogens is 256 g/mol. The van der Waals surface area contributed by atoms with Gasteiger partial charge in [0.1, 0.15) is 12.4 Å². The standard InChI is InChI=1S/C15H20N2OS/c1-4-15-17-13(10-19-15)9-18-14-7-5-12(6-8-14)11(2)16-3/h5-8,10-11,16H,4,9H2,1-3H3. The molecule has 3 nitrogen and oxygen atoms in total. The predicted octanol–water partition coefficient (Wildman–Crippen LogP) is 3.56. The molecule has 0 saturated carbocycles. The Bertz CT molecular complexity index is 507. The number of hydrogen-bond donors (Lipinski definition) is 1. The van der Waals surface area contributed by atoms with Gasteiger partial charge in [-0.25, -0.2) is 4.98 Å². The van der Waals surface area contributed by atoms with Crippen molar-refractivity contribution in [1.29, 1.82) is 0 Å². The molecule has 1 heterocycles. The van der Waals surface area contributed by atoms with E-state index in [9.17, 15) is 0 Å². The molecule has 19 heavy (non-hydrogen) atoms. The van der Waals surface area contributed by atoms with Gasteiger partial charge in [0.25, 0.3) is 0 Å². The maximum atomic E-state index is 5.74. The third kappa shape index (κ3) is 3.78. The quantitative estimate of drug-likeness (QED) is 0.876. The Morgan fingerprint density at radius 2 is 2.05 bits per heavy atom. The molecule has 0 amide bonds. The van der Waals surface area contributed by atoms with E-state index < -0.39 is 0 Å². The molecule has 0 spiro atoms. The van der Waals surface area contributed by atoms with E-state index in [1.54, 1.807) is 11.3 Å². The summed E-state index contributed by atoms with van der Waals surface area (Å²) in [6.07, 6.45) is 0.987. The predicted molar refractivity (Wildman–Crippen MR) is 79.7 cm³/mol. The first-order valence-electron chi connectivity index (χ1n) is 6.56. The lowest BCUT2D eigenvalue weighted by molar-refractivity contribution is 0.302. The molecule has 0 aliphatic carbocycles. The van der Waals surface area contributed by atoms with Gasteiger partial charge in [0.05, 0.1) is 10.7 Å². The van der Waals surface area contributed by atoms with Crippen molar-refractivity contribution in [3.05, 3.63) is 45.9 Å². The van der Waals surface area contributed by atoms with Gasteiger partial charge in [-0.05, 0) is 38.1 Å². The lowest BCUT2D eigenvalue weighted by atomic mass is 10.1. The van der Waals surface area contributed by atoms with Crippen LogP contribution >= 0.6 is 11.3 Å². The summed E-state index contributed by atoms with van der Waals surface area (Å²) in [6, 6.07) is 8.57. The van der Waals surface area contributed by atoms with E-state index in [1.807, 2.05) is 19.2 Å². The number of aryl methyl sites for hydroxylation is 1. The van der Waals surface area contributed by atoms with E-state index in [1.165, 1.54) is 5.56 Å². The second kappa shape index (κ2) is 6.68. The van der Waals surface area contributed by atoms with Crippen molar-refractivity contribution < 1.29 is 4.74 Å². The summed E-state index contributed by atoms with van der Waals surface area (Å²) in [6.45, 7) is 4.79. The van der Waals surface area contributed by atoms with E-state index in [0.29, 0.717) is 12.6 Å². The average Bonchev–Trinajstić information content (AvgIpc) is 2.93. The van der Waals surface area contributed by atoms with Crippen molar-refractivity contribution in [2.45, 2.75) is 32.9 Å². The number of nitrogens with one attached hydrogen (secondary N) is 1. The largest absolute Gasteiger partial charge is 0.487 e. The Morgan fingerprint density at radius 3 is 2.63 bits per heavy atom. The van der Waals surface area contributed by atoms with Crippen LogP contribution in [0.25, 0.3) is 0 Å². The van der Waals surface area contributed by atoms with Gasteiger partial charge in [-0.15, -0.1) is 11.3 Å². The number of benzene rings is 1. The molecule has 0 bridgehead atoms. The highest BCUT2D eigenvalue weighted by atomic mass is 32.1. The van der Waals surface area contributed by atoms with E-state index in [0.717, 1.165) is 22.9 Å². The Balaban J connectivity index is 1.92. The molecule has 2 rings (SSSR count). The molecule has 1 aromatic heterocycles. The lowest BCUT2D eigenvalue weighted by Crippen LogP contribution is -2.11. The fourth-order valence-electron chi connectivity index (χ4n) is 1.75. The van der Waals surface area contributed by atoms with Gasteiger partial charge in [-0.2, -0.15) is 0 Å². The summed E-state index contributed by atoms with van der Waals surface area (Å²) < 4.78 is 5.74. The molecule has 0 fully saturated rings. The Hall–Kier alpha value is -1.39. The minimum absolute atomic E-state index is 0.361. The molecule has 102 valence electrons. The van der Waals surface area contributed by atoms with Crippen LogP contribution in [0.1, 0.15) is 36.2 Å². The second-order valence-electron chi connectivity index (χ2n) is 4.45. The first-order chi connectivity index (χ1) is 9.22. The number of thiazole rings is 1. The first kappa shape index (κ1) is 14.0. The van der Waals surface area contributed by atoms with Gasteiger partial charge in [0.15, 0.2) is 0 Å². The van der Waals surface area contributed by atoms with E-state index in [4.69, 9.17) is 4.74 Å². The number of rotatable bonds is 6. The highest BCUT2D eigenvalue weighted by Crippen LogP contribution is 2.19. The SMILES string of the molecule is CCc1nc(COc2ccc(C(C)NC)cc2)cs1. The Labute approximate surface area is 118 Å². The van der Waals surface area contributed by atoms with Crippen LogP contribution in [0.3, 0.4) is 0 Å². The number of hydrogen-bond acceptors (Lipinski definition) is 4. The van der Waals surface area contributed by atoms with Crippen LogP contribution in [0.2, 0.25) is 0 Å². The average molecular weight is 276 g/mol. The van der Waals surface area contributed by atoms with Crippen molar-refractivity contribution in [3.63, 3.8) is 0 Å². The van der Waals surface area contributed by atoms with Crippen LogP contribution in [0.15, 0.2) is 29.6 Å². The summed E-state index contributed by atoms with van der Waals surface area (Å²) in [5, 5.41) is 6.45. The normalized spacial score (nSPS) is 12.4. The van der Waals surface area contributed by atoms with Crippen molar-refractivity contribution in [2.24, 2.45) is 0 Å². The molecule has 0 radical (unpaired) electrons. The summed E-state index contributed by atoms with van der Waals surface area (Å²) in [5.74, 6) is 0.887. The summed E-state index contributed by atoms with van der Waals surface area (Å²) in [4.78, 5) is 4.49. The van der Waals surface area contributed by atoms with Crippen LogP contribution in [0.5, 0.6) is 5.75 Å². The minimum atomic E-state index is 0.361. The fourth-order valence-corrected chi connectivity index (χ4v) is 2.48. The van der Waals surface area contributed by atoms with Gasteiger partial charge < -0.3 is 10.1 Å². The van der Waals surface area contributed by atoms with Gasteiger partial charge in [-0.1, -0.05) is 19.1 Å². The topological polar surface area (TPSA) is 34.1 Å². The van der Waals surface area contributed by atoms with Crippen LogP contribution in [-0.2, 0) is 13.0 Å². The summed E-state index contributed by atoms with van der Waals surface area (Å²) >= 11 is 1.69. The zero-order valence-corrected chi connectivity index (χ0v) is 12.5. The third-order valence-corrected chi connectivity index (χ3v) is 4.14. The second-order valence-corrected chi connectivity index (χ2v) is 5.40. The summed E-state index contributed by atoms with van der Waals surface area (Å²) in [5.41, 5.74) is 2.27. The van der Waals surface area contributed by atoms with Gasteiger partial charge in [0.2, 0.25) is 0 Å². The number of nitrogens with zero attached hydrogens (tertiary/aromatic N) is 1. The zero-order valence-electron chi connectivity index (χ0n) is 11.6. The molecule has 2 aromatic rings. The fraction of sp³-hybridized carbons (Fsp3) is 0.400. The van der Waals surface area contributed by atoms with Crippen molar-refractivity contribution >= 4 is 11.3 Å². The highest BCUT2D eigenvalue weighted by Gasteiger charge is 2.04. The lowest BCUT2D eigenvalue weighted by Gasteiger charge is -2.11. The maximum Gasteiger partial charge on any atom is 0.131 e. The molecule has 4 heteroatoms. The van der Waals surface area contributed by atoms with Crippen LogP contribution < -0.4 is 10.1 Å². The molecule has 0 aliphatic rings. The zero-order chi connectivity index (χ0) is 13.7. The van der Waals surface area contributed by atoms with Gasteiger partial charge >= 0.3 is 0 Å². The Kier molecular flexibility index (Phi) is 4.93. The molecular formula is C15H20N2OS.